The molecule has 1 aliphatic rings. The Labute approximate surface area is 159 Å². The summed E-state index contributed by atoms with van der Waals surface area (Å²) in [6.45, 7) is 2.26. The predicted octanol–water partition coefficient (Wildman–Crippen LogP) is 4.24. The van der Waals surface area contributed by atoms with Crippen LogP contribution in [0.15, 0.2) is 48.7 Å². The molecule has 2 N–H and O–H groups in total. The Bertz CT molecular complexity index is 955. The van der Waals surface area contributed by atoms with Crippen molar-refractivity contribution in [2.24, 2.45) is 0 Å². The van der Waals surface area contributed by atoms with Gasteiger partial charge in [-0.2, -0.15) is 0 Å². The van der Waals surface area contributed by atoms with Gasteiger partial charge in [0.25, 0.3) is 5.91 Å². The highest BCUT2D eigenvalue weighted by molar-refractivity contribution is 6.05. The van der Waals surface area contributed by atoms with Crippen LogP contribution in [0.3, 0.4) is 0 Å². The maximum absolute atomic E-state index is 12.6. The quantitative estimate of drug-likeness (QED) is 0.729. The number of likely N-dealkylation sites (tertiary alicyclic amines) is 1. The van der Waals surface area contributed by atoms with Crippen LogP contribution in [0.1, 0.15) is 34.7 Å². The number of nitrogens with zero attached hydrogens (tertiary/aromatic N) is 1. The Morgan fingerprint density at radius 2 is 2.00 bits per heavy atom. The number of hydrogen-bond donors (Lipinski definition) is 2. The number of nitrogens with one attached hydrogen (secondary N) is 2. The van der Waals surface area contributed by atoms with E-state index in [-0.39, 0.29) is 5.91 Å². The van der Waals surface area contributed by atoms with E-state index in [0.717, 1.165) is 24.3 Å². The number of fused-ring (bicyclic) bond motifs is 1. The molecule has 2 heterocycles. The zero-order valence-corrected chi connectivity index (χ0v) is 15.8. The van der Waals surface area contributed by atoms with Crippen LogP contribution in [-0.4, -0.2) is 43.0 Å². The molecule has 1 fully saturated rings. The molecule has 4 rings (SSSR count). The molecule has 1 aliphatic heterocycles. The summed E-state index contributed by atoms with van der Waals surface area (Å²) in [6.07, 6.45) is 4.47. The average molecular weight is 363 g/mol. The number of piperidine rings is 1. The highest BCUT2D eigenvalue weighted by atomic mass is 16.5. The van der Waals surface area contributed by atoms with Gasteiger partial charge in [0.1, 0.15) is 5.75 Å². The van der Waals surface area contributed by atoms with Crippen LogP contribution in [0.5, 0.6) is 5.75 Å². The van der Waals surface area contributed by atoms with Crippen molar-refractivity contribution >= 4 is 22.5 Å². The summed E-state index contributed by atoms with van der Waals surface area (Å²) in [5.41, 5.74) is 3.86. The van der Waals surface area contributed by atoms with Crippen LogP contribution >= 0.6 is 0 Å². The molecule has 0 bridgehead atoms. The highest BCUT2D eigenvalue weighted by Gasteiger charge is 2.21. The largest absolute Gasteiger partial charge is 0.497 e. The van der Waals surface area contributed by atoms with Crippen molar-refractivity contribution in [1.82, 2.24) is 9.88 Å². The number of H-pyrrole nitrogens is 1. The summed E-state index contributed by atoms with van der Waals surface area (Å²) in [6, 6.07) is 13.2. The molecule has 27 heavy (non-hydrogen) atoms. The molecule has 1 saturated heterocycles. The summed E-state index contributed by atoms with van der Waals surface area (Å²) >= 11 is 0. The molecule has 0 saturated carbocycles. The molecular weight excluding hydrogens is 338 g/mol. The van der Waals surface area contributed by atoms with Crippen molar-refractivity contribution in [1.29, 1.82) is 0 Å². The molecular formula is C22H25N3O2. The number of amides is 1. The van der Waals surface area contributed by atoms with Gasteiger partial charge in [-0.05, 0) is 80.9 Å². The third-order valence-electron chi connectivity index (χ3n) is 5.46. The van der Waals surface area contributed by atoms with Crippen molar-refractivity contribution in [3.05, 3.63) is 59.8 Å². The molecule has 5 heteroatoms. The molecule has 2 aromatic carbocycles. The minimum absolute atomic E-state index is 0.135. The fraction of sp³-hybridized carbons (Fsp3) is 0.318. The first-order chi connectivity index (χ1) is 13.1. The Balaban J connectivity index is 1.57. The van der Waals surface area contributed by atoms with Crippen LogP contribution in [0.25, 0.3) is 10.9 Å². The number of methoxy groups -OCH3 is 1. The van der Waals surface area contributed by atoms with Crippen molar-refractivity contribution in [2.45, 2.75) is 18.8 Å². The number of aromatic nitrogens is 1. The van der Waals surface area contributed by atoms with Crippen molar-refractivity contribution < 1.29 is 9.53 Å². The number of carbonyl (C=O) groups excluding carboxylic acids is 1. The van der Waals surface area contributed by atoms with Crippen molar-refractivity contribution in [2.75, 3.05) is 32.6 Å². The Morgan fingerprint density at radius 3 is 2.78 bits per heavy atom. The summed E-state index contributed by atoms with van der Waals surface area (Å²) in [5.74, 6) is 1.11. The minimum atomic E-state index is -0.135. The molecule has 0 unspecified atom stereocenters. The van der Waals surface area contributed by atoms with E-state index in [1.54, 1.807) is 19.2 Å². The molecule has 140 valence electrons. The standard InChI is InChI=1S/C22H25N3O2/c1-25-10-8-15(9-11-25)20-14-23-21-7-6-17(13-19(20)21)24-22(26)16-4-3-5-18(12-16)27-2/h3-7,12-15,23H,8-11H2,1-2H3,(H,24,26). The van der Waals surface area contributed by atoms with Gasteiger partial charge in [0.2, 0.25) is 0 Å². The lowest BCUT2D eigenvalue weighted by Crippen LogP contribution is -2.29. The zero-order valence-electron chi connectivity index (χ0n) is 15.8. The normalized spacial score (nSPS) is 15.8. The van der Waals surface area contributed by atoms with Crippen molar-refractivity contribution in [3.8, 4) is 5.75 Å². The first kappa shape index (κ1) is 17.6. The fourth-order valence-electron chi connectivity index (χ4n) is 3.84. The van der Waals surface area contributed by atoms with Gasteiger partial charge in [-0.15, -0.1) is 0 Å². The van der Waals surface area contributed by atoms with Crippen LogP contribution < -0.4 is 10.1 Å². The van der Waals surface area contributed by atoms with Gasteiger partial charge in [0.05, 0.1) is 7.11 Å². The fourth-order valence-corrected chi connectivity index (χ4v) is 3.84. The van der Waals surface area contributed by atoms with Gasteiger partial charge >= 0.3 is 0 Å². The molecule has 1 amide bonds. The zero-order chi connectivity index (χ0) is 18.8. The second-order valence-corrected chi connectivity index (χ2v) is 7.27. The van der Waals surface area contributed by atoms with Crippen LogP contribution in [0.4, 0.5) is 5.69 Å². The number of ether oxygens (including phenoxy) is 1. The van der Waals surface area contributed by atoms with E-state index in [1.807, 2.05) is 24.3 Å². The van der Waals surface area contributed by atoms with E-state index in [1.165, 1.54) is 23.8 Å². The Kier molecular flexibility index (Phi) is 4.86. The Morgan fingerprint density at radius 1 is 1.19 bits per heavy atom. The average Bonchev–Trinajstić information content (AvgIpc) is 3.12. The maximum Gasteiger partial charge on any atom is 0.255 e. The topological polar surface area (TPSA) is 57.4 Å². The predicted molar refractivity (Wildman–Crippen MR) is 109 cm³/mol. The monoisotopic (exact) mass is 363 g/mol. The second-order valence-electron chi connectivity index (χ2n) is 7.27. The SMILES string of the molecule is COc1cccc(C(=O)Nc2ccc3[nH]cc(C4CCN(C)CC4)c3c2)c1. The number of hydrogen-bond acceptors (Lipinski definition) is 3. The van der Waals surface area contributed by atoms with E-state index in [9.17, 15) is 4.79 Å². The lowest BCUT2D eigenvalue weighted by molar-refractivity contribution is 0.102. The third-order valence-corrected chi connectivity index (χ3v) is 5.46. The number of rotatable bonds is 4. The molecule has 0 radical (unpaired) electrons. The van der Waals surface area contributed by atoms with Gasteiger partial charge in [-0.3, -0.25) is 4.79 Å². The Hall–Kier alpha value is -2.79. The minimum Gasteiger partial charge on any atom is -0.497 e. The van der Waals surface area contributed by atoms with Gasteiger partial charge in [-0.1, -0.05) is 6.07 Å². The van der Waals surface area contributed by atoms with Gasteiger partial charge in [0, 0.05) is 28.4 Å². The van der Waals surface area contributed by atoms with E-state index in [4.69, 9.17) is 4.74 Å². The van der Waals surface area contributed by atoms with Gasteiger partial charge in [-0.25, -0.2) is 0 Å². The van der Waals surface area contributed by atoms with E-state index in [0.29, 0.717) is 17.2 Å². The summed E-state index contributed by atoms with van der Waals surface area (Å²) in [7, 11) is 3.78. The first-order valence-corrected chi connectivity index (χ1v) is 9.39. The molecule has 3 aromatic rings. The summed E-state index contributed by atoms with van der Waals surface area (Å²) in [5, 5.41) is 4.21. The maximum atomic E-state index is 12.6. The lowest BCUT2D eigenvalue weighted by Gasteiger charge is -2.28. The van der Waals surface area contributed by atoms with E-state index >= 15 is 0 Å². The molecule has 0 atom stereocenters. The number of anilines is 1. The smallest absolute Gasteiger partial charge is 0.255 e. The van der Waals surface area contributed by atoms with Gasteiger partial charge < -0.3 is 19.9 Å². The van der Waals surface area contributed by atoms with Crippen LogP contribution in [0.2, 0.25) is 0 Å². The molecule has 0 aliphatic carbocycles. The molecule has 1 aromatic heterocycles. The van der Waals surface area contributed by atoms with Crippen molar-refractivity contribution in [3.63, 3.8) is 0 Å². The third kappa shape index (κ3) is 3.69. The van der Waals surface area contributed by atoms with Gasteiger partial charge in [0.15, 0.2) is 0 Å². The van der Waals surface area contributed by atoms with Crippen LogP contribution in [0, 0.1) is 0 Å². The second kappa shape index (κ2) is 7.45. The first-order valence-electron chi connectivity index (χ1n) is 9.39. The van der Waals surface area contributed by atoms with E-state index < -0.39 is 0 Å². The van der Waals surface area contributed by atoms with E-state index in [2.05, 4.69) is 34.5 Å². The number of benzene rings is 2. The molecule has 0 spiro atoms. The number of aromatic amines is 1. The number of carbonyl (C=O) groups is 1. The highest BCUT2D eigenvalue weighted by Crippen LogP contribution is 2.34. The lowest BCUT2D eigenvalue weighted by atomic mass is 9.89. The summed E-state index contributed by atoms with van der Waals surface area (Å²) < 4.78 is 5.21. The molecule has 5 nitrogen and oxygen atoms in total. The summed E-state index contributed by atoms with van der Waals surface area (Å²) in [4.78, 5) is 18.4. The van der Waals surface area contributed by atoms with Crippen LogP contribution in [-0.2, 0) is 0 Å².